The van der Waals surface area contributed by atoms with Gasteiger partial charge in [-0.25, -0.2) is 4.98 Å². The van der Waals surface area contributed by atoms with E-state index in [1.54, 1.807) is 23.7 Å². The maximum Gasteiger partial charge on any atom is 0.254 e. The highest BCUT2D eigenvalue weighted by Gasteiger charge is 2.23. The number of hydrogen-bond acceptors (Lipinski definition) is 4. The number of carbonyl (C=O) groups excluding carboxylic acids is 1. The summed E-state index contributed by atoms with van der Waals surface area (Å²) >= 11 is 1.80. The van der Waals surface area contributed by atoms with Gasteiger partial charge in [-0.05, 0) is 23.9 Å². The van der Waals surface area contributed by atoms with Gasteiger partial charge in [0, 0.05) is 55.6 Å². The van der Waals surface area contributed by atoms with Crippen molar-refractivity contribution in [2.75, 3.05) is 26.2 Å². The lowest BCUT2D eigenvalue weighted by Crippen LogP contribution is -2.35. The Kier molecular flexibility index (Phi) is 5.13. The number of H-pyrrole nitrogens is 1. The summed E-state index contributed by atoms with van der Waals surface area (Å²) in [6, 6.07) is 12.0. The molecule has 0 saturated carbocycles. The van der Waals surface area contributed by atoms with Gasteiger partial charge in [0.25, 0.3) is 5.91 Å². The molecule has 0 atom stereocenters. The molecule has 3 heterocycles. The van der Waals surface area contributed by atoms with Crippen LogP contribution in [0.15, 0.2) is 54.2 Å². The Morgan fingerprint density at radius 2 is 2.04 bits per heavy atom. The molecule has 1 aliphatic heterocycles. The van der Waals surface area contributed by atoms with Crippen molar-refractivity contribution in [3.05, 3.63) is 64.6 Å². The molecule has 1 N–H and O–H groups in total. The summed E-state index contributed by atoms with van der Waals surface area (Å²) in [6.45, 7) is 4.47. The van der Waals surface area contributed by atoms with Crippen molar-refractivity contribution in [2.45, 2.75) is 13.0 Å². The predicted molar refractivity (Wildman–Crippen MR) is 104 cm³/mol. The highest BCUT2D eigenvalue weighted by Crippen LogP contribution is 2.22. The van der Waals surface area contributed by atoms with Gasteiger partial charge >= 0.3 is 0 Å². The van der Waals surface area contributed by atoms with Gasteiger partial charge in [-0.3, -0.25) is 9.69 Å². The summed E-state index contributed by atoms with van der Waals surface area (Å²) in [5.74, 6) is 0.832. The second-order valence-corrected chi connectivity index (χ2v) is 7.52. The average molecular weight is 366 g/mol. The Balaban J connectivity index is 1.47. The summed E-state index contributed by atoms with van der Waals surface area (Å²) < 4.78 is 0. The van der Waals surface area contributed by atoms with E-state index in [1.807, 2.05) is 29.2 Å². The number of thiophene rings is 1. The quantitative estimate of drug-likeness (QED) is 0.769. The second-order valence-electron chi connectivity index (χ2n) is 6.48. The summed E-state index contributed by atoms with van der Waals surface area (Å²) in [7, 11) is 0. The first-order chi connectivity index (χ1) is 12.8. The third-order valence-corrected chi connectivity index (χ3v) is 5.61. The number of nitrogens with one attached hydrogen (secondary N) is 1. The van der Waals surface area contributed by atoms with Gasteiger partial charge < -0.3 is 9.88 Å². The molecule has 2 aromatic heterocycles. The third kappa shape index (κ3) is 3.71. The Morgan fingerprint density at radius 1 is 1.12 bits per heavy atom. The van der Waals surface area contributed by atoms with Gasteiger partial charge in [-0.15, -0.1) is 11.3 Å². The third-order valence-electron chi connectivity index (χ3n) is 4.75. The Morgan fingerprint density at radius 3 is 2.85 bits per heavy atom. The van der Waals surface area contributed by atoms with E-state index in [0.29, 0.717) is 5.56 Å². The largest absolute Gasteiger partial charge is 0.345 e. The zero-order valence-electron chi connectivity index (χ0n) is 14.6. The van der Waals surface area contributed by atoms with Gasteiger partial charge in [-0.2, -0.15) is 0 Å². The first-order valence-corrected chi connectivity index (χ1v) is 9.82. The van der Waals surface area contributed by atoms with E-state index in [0.717, 1.165) is 50.5 Å². The first kappa shape index (κ1) is 17.0. The lowest BCUT2D eigenvalue weighted by atomic mass is 10.1. The van der Waals surface area contributed by atoms with Crippen molar-refractivity contribution in [2.24, 2.45) is 0 Å². The molecule has 1 aromatic carbocycles. The molecule has 0 bridgehead atoms. The predicted octanol–water partition coefficient (Wildman–Crippen LogP) is 3.49. The molecule has 3 aromatic rings. The maximum atomic E-state index is 13.2. The van der Waals surface area contributed by atoms with Crippen molar-refractivity contribution in [3.63, 3.8) is 0 Å². The molecule has 0 spiro atoms. The van der Waals surface area contributed by atoms with E-state index in [1.165, 1.54) is 4.88 Å². The minimum absolute atomic E-state index is 0.0926. The molecule has 1 amide bonds. The molecule has 134 valence electrons. The maximum absolute atomic E-state index is 13.2. The number of amides is 1. The summed E-state index contributed by atoms with van der Waals surface area (Å²) in [4.78, 5) is 26.4. The lowest BCUT2D eigenvalue weighted by Gasteiger charge is -2.22. The Labute approximate surface area is 157 Å². The van der Waals surface area contributed by atoms with Crippen LogP contribution in [-0.4, -0.2) is 51.9 Å². The lowest BCUT2D eigenvalue weighted by molar-refractivity contribution is 0.0762. The number of rotatable bonds is 4. The van der Waals surface area contributed by atoms with E-state index < -0.39 is 0 Å². The molecular weight excluding hydrogens is 344 g/mol. The van der Waals surface area contributed by atoms with Crippen LogP contribution >= 0.6 is 11.3 Å². The molecule has 0 unspecified atom stereocenters. The molecule has 5 nitrogen and oxygen atoms in total. The summed E-state index contributed by atoms with van der Waals surface area (Å²) in [6.07, 6.45) is 4.50. The van der Waals surface area contributed by atoms with Crippen LogP contribution in [0.4, 0.5) is 0 Å². The van der Waals surface area contributed by atoms with Crippen LogP contribution in [0.3, 0.4) is 0 Å². The van der Waals surface area contributed by atoms with Crippen LogP contribution < -0.4 is 0 Å². The molecule has 4 rings (SSSR count). The summed E-state index contributed by atoms with van der Waals surface area (Å²) in [5, 5.41) is 2.12. The fourth-order valence-corrected chi connectivity index (χ4v) is 4.16. The fourth-order valence-electron chi connectivity index (χ4n) is 3.41. The Hall–Kier alpha value is -2.44. The van der Waals surface area contributed by atoms with Gasteiger partial charge in [0.1, 0.15) is 5.82 Å². The normalized spacial score (nSPS) is 15.8. The van der Waals surface area contributed by atoms with Crippen molar-refractivity contribution >= 4 is 17.2 Å². The first-order valence-electron chi connectivity index (χ1n) is 8.94. The number of aromatic amines is 1. The second kappa shape index (κ2) is 7.85. The monoisotopic (exact) mass is 366 g/mol. The molecule has 1 saturated heterocycles. The van der Waals surface area contributed by atoms with E-state index >= 15 is 0 Å². The highest BCUT2D eigenvalue weighted by atomic mass is 32.1. The summed E-state index contributed by atoms with van der Waals surface area (Å²) in [5.41, 5.74) is 1.58. The van der Waals surface area contributed by atoms with E-state index in [-0.39, 0.29) is 5.91 Å². The van der Waals surface area contributed by atoms with E-state index in [9.17, 15) is 4.79 Å². The van der Waals surface area contributed by atoms with E-state index in [2.05, 4.69) is 32.4 Å². The molecule has 26 heavy (non-hydrogen) atoms. The SMILES string of the molecule is O=C(c1ccccc1-c1ncc[nH]1)N1CCCN(Cc2cccs2)CC1. The minimum atomic E-state index is 0.0926. The van der Waals surface area contributed by atoms with E-state index in [4.69, 9.17) is 0 Å². The number of benzene rings is 1. The number of nitrogens with zero attached hydrogens (tertiary/aromatic N) is 3. The highest BCUT2D eigenvalue weighted by molar-refractivity contribution is 7.09. The van der Waals surface area contributed by atoms with Crippen molar-refractivity contribution in [3.8, 4) is 11.4 Å². The van der Waals surface area contributed by atoms with Gasteiger partial charge in [-0.1, -0.05) is 24.3 Å². The zero-order chi connectivity index (χ0) is 17.8. The molecular formula is C20H22N4OS. The molecule has 1 fully saturated rings. The molecule has 6 heteroatoms. The van der Waals surface area contributed by atoms with Crippen LogP contribution in [0.2, 0.25) is 0 Å². The van der Waals surface area contributed by atoms with Crippen LogP contribution in [0.1, 0.15) is 21.7 Å². The number of carbonyl (C=O) groups is 1. The van der Waals surface area contributed by atoms with Crippen molar-refractivity contribution < 1.29 is 4.79 Å². The topological polar surface area (TPSA) is 52.2 Å². The van der Waals surface area contributed by atoms with Gasteiger partial charge in [0.05, 0.1) is 5.56 Å². The van der Waals surface area contributed by atoms with Crippen LogP contribution in [0.25, 0.3) is 11.4 Å². The minimum Gasteiger partial charge on any atom is -0.345 e. The average Bonchev–Trinajstić information content (AvgIpc) is 3.33. The van der Waals surface area contributed by atoms with Crippen LogP contribution in [0.5, 0.6) is 0 Å². The zero-order valence-corrected chi connectivity index (χ0v) is 15.4. The molecule has 0 aliphatic carbocycles. The van der Waals surface area contributed by atoms with Crippen molar-refractivity contribution in [1.29, 1.82) is 0 Å². The van der Waals surface area contributed by atoms with Gasteiger partial charge in [0.2, 0.25) is 0 Å². The fraction of sp³-hybridized carbons (Fsp3) is 0.300. The standard InChI is InChI=1S/C20H22N4OS/c25-20(18-7-2-1-6-17(18)19-21-8-9-22-19)24-11-4-10-23(12-13-24)15-16-5-3-14-26-16/h1-3,5-9,14H,4,10-13,15H2,(H,21,22). The Bertz CT molecular complexity index is 845. The number of hydrogen-bond donors (Lipinski definition) is 1. The van der Waals surface area contributed by atoms with Crippen molar-refractivity contribution in [1.82, 2.24) is 19.8 Å². The smallest absolute Gasteiger partial charge is 0.254 e. The molecule has 1 aliphatic rings. The van der Waals surface area contributed by atoms with Crippen LogP contribution in [0, 0.1) is 0 Å². The van der Waals surface area contributed by atoms with Crippen LogP contribution in [-0.2, 0) is 6.54 Å². The number of imidazole rings is 1. The number of aromatic nitrogens is 2. The molecule has 0 radical (unpaired) electrons. The van der Waals surface area contributed by atoms with Gasteiger partial charge in [0.15, 0.2) is 0 Å².